The summed E-state index contributed by atoms with van der Waals surface area (Å²) in [5.41, 5.74) is 1.64. The highest BCUT2D eigenvalue weighted by atomic mass is 32.2. The smallest absolute Gasteiger partial charge is 0.243 e. The summed E-state index contributed by atoms with van der Waals surface area (Å²) in [7, 11) is -1.51. The first-order chi connectivity index (χ1) is 11.7. The van der Waals surface area contributed by atoms with Crippen molar-refractivity contribution in [2.24, 2.45) is 0 Å². The van der Waals surface area contributed by atoms with E-state index in [4.69, 9.17) is 0 Å². The van der Waals surface area contributed by atoms with Crippen molar-refractivity contribution >= 4 is 21.6 Å². The lowest BCUT2D eigenvalue weighted by Crippen LogP contribution is -2.52. The molecule has 1 N–H and O–H groups in total. The molecule has 0 spiro atoms. The number of nitrogens with zero attached hydrogens (tertiary/aromatic N) is 2. The van der Waals surface area contributed by atoms with Crippen LogP contribution in [0.15, 0.2) is 24.3 Å². The average Bonchev–Trinajstić information content (AvgIpc) is 2.56. The highest BCUT2D eigenvalue weighted by molar-refractivity contribution is 7.92. The first-order valence-corrected chi connectivity index (χ1v) is 10.6. The maximum atomic E-state index is 12.6. The molecule has 1 aliphatic heterocycles. The fourth-order valence-electron chi connectivity index (χ4n) is 3.16. The Morgan fingerprint density at radius 1 is 1.28 bits per heavy atom. The number of carbonyl (C=O) groups is 1. The summed E-state index contributed by atoms with van der Waals surface area (Å²) >= 11 is 0. The van der Waals surface area contributed by atoms with Crippen LogP contribution >= 0.6 is 0 Å². The minimum absolute atomic E-state index is 0.107. The van der Waals surface area contributed by atoms with Gasteiger partial charge in [0.1, 0.15) is 6.04 Å². The van der Waals surface area contributed by atoms with Gasteiger partial charge in [0.15, 0.2) is 0 Å². The first kappa shape index (κ1) is 19.7. The minimum atomic E-state index is -3.57. The molecule has 1 aliphatic rings. The SMILES string of the molecule is CCc1ccc(N([C@@H](C)C(=O)NC2CCN(C)CC2)S(C)(=O)=O)cc1. The summed E-state index contributed by atoms with van der Waals surface area (Å²) in [6.07, 6.45) is 3.80. The van der Waals surface area contributed by atoms with E-state index in [-0.39, 0.29) is 11.9 Å². The Morgan fingerprint density at radius 2 is 1.84 bits per heavy atom. The topological polar surface area (TPSA) is 69.7 Å². The van der Waals surface area contributed by atoms with E-state index in [0.717, 1.165) is 44.2 Å². The summed E-state index contributed by atoms with van der Waals surface area (Å²) in [5.74, 6) is -0.250. The van der Waals surface area contributed by atoms with Crippen molar-refractivity contribution in [3.05, 3.63) is 29.8 Å². The van der Waals surface area contributed by atoms with E-state index in [9.17, 15) is 13.2 Å². The van der Waals surface area contributed by atoms with Crippen LogP contribution in [0.1, 0.15) is 32.3 Å². The van der Waals surface area contributed by atoms with E-state index in [1.54, 1.807) is 19.1 Å². The molecule has 1 atom stereocenters. The third kappa shape index (κ3) is 5.19. The maximum absolute atomic E-state index is 12.6. The summed E-state index contributed by atoms with van der Waals surface area (Å²) in [6.45, 7) is 5.56. The molecule has 0 saturated carbocycles. The van der Waals surface area contributed by atoms with Gasteiger partial charge in [-0.3, -0.25) is 9.10 Å². The van der Waals surface area contributed by atoms with Crippen molar-refractivity contribution in [1.29, 1.82) is 0 Å². The third-order valence-corrected chi connectivity index (χ3v) is 5.99. The summed E-state index contributed by atoms with van der Waals surface area (Å²) in [6, 6.07) is 6.64. The molecule has 0 aromatic heterocycles. The molecular formula is C18H29N3O3S. The number of nitrogens with one attached hydrogen (secondary N) is 1. The molecule has 140 valence electrons. The second-order valence-electron chi connectivity index (χ2n) is 6.84. The standard InChI is InChI=1S/C18H29N3O3S/c1-5-15-6-8-17(9-7-15)21(25(4,23)24)14(2)18(22)19-16-10-12-20(3)13-11-16/h6-9,14,16H,5,10-13H2,1-4H3,(H,19,22)/t14-/m0/s1. The maximum Gasteiger partial charge on any atom is 0.243 e. The van der Waals surface area contributed by atoms with Crippen LogP contribution in [0.25, 0.3) is 0 Å². The molecule has 6 nitrogen and oxygen atoms in total. The van der Waals surface area contributed by atoms with Crippen LogP contribution in [0.2, 0.25) is 0 Å². The van der Waals surface area contributed by atoms with Gasteiger partial charge in [-0.15, -0.1) is 0 Å². The monoisotopic (exact) mass is 367 g/mol. The second-order valence-corrected chi connectivity index (χ2v) is 8.70. The van der Waals surface area contributed by atoms with Gasteiger partial charge in [0.05, 0.1) is 11.9 Å². The predicted molar refractivity (Wildman–Crippen MR) is 101 cm³/mol. The fraction of sp³-hybridized carbons (Fsp3) is 0.611. The van der Waals surface area contributed by atoms with Gasteiger partial charge < -0.3 is 10.2 Å². The Balaban J connectivity index is 2.15. The van der Waals surface area contributed by atoms with Crippen molar-refractivity contribution < 1.29 is 13.2 Å². The zero-order valence-electron chi connectivity index (χ0n) is 15.5. The number of sulfonamides is 1. The van der Waals surface area contributed by atoms with Crippen LogP contribution in [0.3, 0.4) is 0 Å². The molecule has 1 saturated heterocycles. The number of hydrogen-bond acceptors (Lipinski definition) is 4. The van der Waals surface area contributed by atoms with Gasteiger partial charge in [-0.25, -0.2) is 8.42 Å². The van der Waals surface area contributed by atoms with E-state index in [2.05, 4.69) is 17.3 Å². The normalized spacial score (nSPS) is 17.9. The molecule has 0 aliphatic carbocycles. The molecule has 1 fully saturated rings. The first-order valence-electron chi connectivity index (χ1n) is 8.79. The van der Waals surface area contributed by atoms with Crippen molar-refractivity contribution in [2.45, 2.75) is 45.2 Å². The van der Waals surface area contributed by atoms with Gasteiger partial charge >= 0.3 is 0 Å². The van der Waals surface area contributed by atoms with Gasteiger partial charge in [-0.1, -0.05) is 19.1 Å². The average molecular weight is 368 g/mol. The van der Waals surface area contributed by atoms with Crippen molar-refractivity contribution in [3.63, 3.8) is 0 Å². The number of piperidine rings is 1. The molecule has 1 heterocycles. The summed E-state index contributed by atoms with van der Waals surface area (Å²) in [4.78, 5) is 14.9. The second kappa shape index (κ2) is 8.19. The largest absolute Gasteiger partial charge is 0.351 e. The van der Waals surface area contributed by atoms with Crippen LogP contribution in [0, 0.1) is 0 Å². The molecule has 1 amide bonds. The molecule has 0 radical (unpaired) electrons. The van der Waals surface area contributed by atoms with Gasteiger partial charge in [0.25, 0.3) is 0 Å². The van der Waals surface area contributed by atoms with Crippen LogP contribution in [-0.2, 0) is 21.2 Å². The Labute approximate surface area is 151 Å². The third-order valence-electron chi connectivity index (χ3n) is 4.75. The lowest BCUT2D eigenvalue weighted by molar-refractivity contribution is -0.122. The van der Waals surface area contributed by atoms with Crippen LogP contribution in [0.5, 0.6) is 0 Å². The Hall–Kier alpha value is -1.60. The number of benzene rings is 1. The number of rotatable bonds is 6. The van der Waals surface area contributed by atoms with Gasteiger partial charge in [-0.05, 0) is 64.0 Å². The number of anilines is 1. The molecular weight excluding hydrogens is 338 g/mol. The molecule has 2 rings (SSSR count). The quantitative estimate of drug-likeness (QED) is 0.829. The zero-order chi connectivity index (χ0) is 18.6. The Kier molecular flexibility index (Phi) is 6.46. The predicted octanol–water partition coefficient (Wildman–Crippen LogP) is 1.61. The van der Waals surface area contributed by atoms with E-state index in [1.807, 2.05) is 19.1 Å². The minimum Gasteiger partial charge on any atom is -0.351 e. The molecule has 0 bridgehead atoms. The van der Waals surface area contributed by atoms with E-state index >= 15 is 0 Å². The lowest BCUT2D eigenvalue weighted by atomic mass is 10.1. The summed E-state index contributed by atoms with van der Waals surface area (Å²) < 4.78 is 25.8. The Bertz CT molecular complexity index is 680. The van der Waals surface area contributed by atoms with Crippen LogP contribution < -0.4 is 9.62 Å². The number of aryl methyl sites for hydroxylation is 1. The summed E-state index contributed by atoms with van der Waals surface area (Å²) in [5, 5.41) is 3.01. The number of amides is 1. The highest BCUT2D eigenvalue weighted by Crippen LogP contribution is 2.22. The molecule has 0 unspecified atom stereocenters. The number of carbonyl (C=O) groups excluding carboxylic acids is 1. The fourth-order valence-corrected chi connectivity index (χ4v) is 4.34. The number of likely N-dealkylation sites (tertiary alicyclic amines) is 1. The number of hydrogen-bond donors (Lipinski definition) is 1. The van der Waals surface area contributed by atoms with E-state index in [0.29, 0.717) is 5.69 Å². The van der Waals surface area contributed by atoms with Crippen molar-refractivity contribution in [1.82, 2.24) is 10.2 Å². The Morgan fingerprint density at radius 3 is 2.32 bits per heavy atom. The zero-order valence-corrected chi connectivity index (χ0v) is 16.3. The van der Waals surface area contributed by atoms with E-state index < -0.39 is 16.1 Å². The van der Waals surface area contributed by atoms with Crippen molar-refractivity contribution in [2.75, 3.05) is 30.7 Å². The molecule has 25 heavy (non-hydrogen) atoms. The van der Waals surface area contributed by atoms with Crippen LogP contribution in [0.4, 0.5) is 5.69 Å². The van der Waals surface area contributed by atoms with Gasteiger partial charge in [-0.2, -0.15) is 0 Å². The van der Waals surface area contributed by atoms with E-state index in [1.165, 1.54) is 4.31 Å². The lowest BCUT2D eigenvalue weighted by Gasteiger charge is -2.33. The van der Waals surface area contributed by atoms with Crippen molar-refractivity contribution in [3.8, 4) is 0 Å². The van der Waals surface area contributed by atoms with Crippen LogP contribution in [-0.4, -0.2) is 57.7 Å². The van der Waals surface area contributed by atoms with Gasteiger partial charge in [0.2, 0.25) is 15.9 Å². The molecule has 1 aromatic carbocycles. The molecule has 7 heteroatoms. The highest BCUT2D eigenvalue weighted by Gasteiger charge is 2.30. The molecule has 1 aromatic rings. The van der Waals surface area contributed by atoms with Gasteiger partial charge in [0, 0.05) is 6.04 Å².